The summed E-state index contributed by atoms with van der Waals surface area (Å²) in [5.74, 6) is 1.02. The highest BCUT2D eigenvalue weighted by molar-refractivity contribution is 5.52. The first kappa shape index (κ1) is 9.03. The van der Waals surface area contributed by atoms with Crippen LogP contribution in [0.5, 0.6) is 0 Å². The molecule has 0 amide bonds. The van der Waals surface area contributed by atoms with Gasteiger partial charge in [-0.15, -0.1) is 0 Å². The van der Waals surface area contributed by atoms with Crippen molar-refractivity contribution in [2.75, 3.05) is 0 Å². The monoisotopic (exact) mass is 184 g/mol. The maximum atomic E-state index is 8.87. The Morgan fingerprint density at radius 1 is 0.929 bits per heavy atom. The van der Waals surface area contributed by atoms with Crippen LogP contribution >= 0.6 is 0 Å². The molecule has 0 aromatic heterocycles. The van der Waals surface area contributed by atoms with Crippen molar-refractivity contribution in [3.8, 4) is 12.1 Å². The van der Waals surface area contributed by atoms with Crippen LogP contribution < -0.4 is 0 Å². The lowest BCUT2D eigenvalue weighted by Gasteiger charge is -2.30. The molecule has 2 atom stereocenters. The summed E-state index contributed by atoms with van der Waals surface area (Å²) in [5.41, 5.74) is 1.16. The summed E-state index contributed by atoms with van der Waals surface area (Å²) < 4.78 is 0. The molecule has 0 heterocycles. The molecule has 1 saturated carbocycles. The molecule has 0 N–H and O–H groups in total. The lowest BCUT2D eigenvalue weighted by atomic mass is 9.74. The number of nitriles is 2. The molecule has 0 aliphatic heterocycles. The van der Waals surface area contributed by atoms with Gasteiger partial charge in [-0.05, 0) is 24.7 Å². The maximum Gasteiger partial charge on any atom is 0.100 e. The van der Waals surface area contributed by atoms with Gasteiger partial charge in [-0.25, -0.2) is 0 Å². The summed E-state index contributed by atoms with van der Waals surface area (Å²) in [6, 6.07) is 4.22. The third-order valence-electron chi connectivity index (χ3n) is 3.17. The quantitative estimate of drug-likeness (QED) is 0.581. The molecular weight excluding hydrogens is 172 g/mol. The minimum Gasteiger partial charge on any atom is -0.192 e. The Balaban J connectivity index is 2.30. The summed E-state index contributed by atoms with van der Waals surface area (Å²) >= 11 is 0. The fourth-order valence-corrected chi connectivity index (χ4v) is 2.40. The first-order valence-electron chi connectivity index (χ1n) is 5.09. The lowest BCUT2D eigenvalue weighted by Crippen LogP contribution is -2.19. The molecule has 0 aromatic rings. The van der Waals surface area contributed by atoms with Gasteiger partial charge in [-0.3, -0.25) is 0 Å². The van der Waals surface area contributed by atoms with Gasteiger partial charge < -0.3 is 0 Å². The van der Waals surface area contributed by atoms with Gasteiger partial charge in [0.25, 0.3) is 0 Å². The molecule has 0 radical (unpaired) electrons. The fraction of sp³-hybridized carbons (Fsp3) is 0.500. The second-order valence-electron chi connectivity index (χ2n) is 4.00. The molecule has 0 aromatic carbocycles. The first-order valence-corrected chi connectivity index (χ1v) is 5.09. The summed E-state index contributed by atoms with van der Waals surface area (Å²) in [4.78, 5) is 0. The Kier molecular flexibility index (Phi) is 2.37. The molecule has 0 unspecified atom stereocenters. The molecule has 70 valence electrons. The highest BCUT2D eigenvalue weighted by Crippen LogP contribution is 2.37. The van der Waals surface area contributed by atoms with Crippen molar-refractivity contribution in [3.05, 3.63) is 23.3 Å². The number of fused-ring (bicyclic) bond motifs is 1. The number of rotatable bonds is 0. The van der Waals surface area contributed by atoms with Crippen LogP contribution in [0.25, 0.3) is 0 Å². The highest BCUT2D eigenvalue weighted by Gasteiger charge is 2.27. The van der Waals surface area contributed by atoms with Crippen LogP contribution in [0.1, 0.15) is 25.7 Å². The molecule has 0 saturated heterocycles. The summed E-state index contributed by atoms with van der Waals surface area (Å²) in [6.45, 7) is 0. The summed E-state index contributed by atoms with van der Waals surface area (Å²) in [5, 5.41) is 17.7. The highest BCUT2D eigenvalue weighted by atomic mass is 14.3. The number of hydrogen-bond donors (Lipinski definition) is 0. The van der Waals surface area contributed by atoms with E-state index in [9.17, 15) is 0 Å². The number of hydrogen-bond acceptors (Lipinski definition) is 2. The van der Waals surface area contributed by atoms with Gasteiger partial charge in [0.2, 0.25) is 0 Å². The number of allylic oxidation sites excluding steroid dienone is 4. The Bertz CT molecular complexity index is 338. The van der Waals surface area contributed by atoms with E-state index in [0.717, 1.165) is 0 Å². The molecule has 2 nitrogen and oxygen atoms in total. The predicted molar refractivity (Wildman–Crippen MR) is 52.8 cm³/mol. The van der Waals surface area contributed by atoms with E-state index < -0.39 is 0 Å². The molecule has 2 aliphatic rings. The van der Waals surface area contributed by atoms with Crippen molar-refractivity contribution < 1.29 is 0 Å². The van der Waals surface area contributed by atoms with Crippen LogP contribution in [-0.4, -0.2) is 0 Å². The summed E-state index contributed by atoms with van der Waals surface area (Å²) in [6.07, 6.45) is 8.86. The maximum absolute atomic E-state index is 8.87. The minimum absolute atomic E-state index is 0.510. The largest absolute Gasteiger partial charge is 0.192 e. The molecule has 1 fully saturated rings. The average Bonchev–Trinajstić information content (AvgIpc) is 2.27. The second kappa shape index (κ2) is 3.68. The molecule has 14 heavy (non-hydrogen) atoms. The number of nitrogens with zero attached hydrogens (tertiary/aromatic N) is 2. The first-order chi connectivity index (χ1) is 6.85. The van der Waals surface area contributed by atoms with Crippen LogP contribution in [0, 0.1) is 34.5 Å². The molecule has 0 spiro atoms. The van der Waals surface area contributed by atoms with E-state index >= 15 is 0 Å². The van der Waals surface area contributed by atoms with Crippen molar-refractivity contribution in [1.82, 2.24) is 0 Å². The molecular formula is C12H12N2. The van der Waals surface area contributed by atoms with E-state index in [1.807, 2.05) is 12.2 Å². The Labute approximate surface area is 84.1 Å². The van der Waals surface area contributed by atoms with Crippen molar-refractivity contribution in [2.45, 2.75) is 25.7 Å². The zero-order valence-corrected chi connectivity index (χ0v) is 8.03. The van der Waals surface area contributed by atoms with Crippen LogP contribution in [0.2, 0.25) is 0 Å². The zero-order chi connectivity index (χ0) is 9.97. The van der Waals surface area contributed by atoms with Gasteiger partial charge in [-0.2, -0.15) is 10.5 Å². The Morgan fingerprint density at radius 3 is 1.71 bits per heavy atom. The van der Waals surface area contributed by atoms with E-state index in [4.69, 9.17) is 10.5 Å². The standard InChI is InChI=1S/C12H12N2/c13-7-11-5-9-3-1-2-4-10(9)6-12(11)8-14/h5-6,9-10H,1-4H2/t9-,10+. The van der Waals surface area contributed by atoms with Crippen molar-refractivity contribution >= 4 is 0 Å². The van der Waals surface area contributed by atoms with Crippen LogP contribution in [0.15, 0.2) is 23.3 Å². The third kappa shape index (κ3) is 1.44. The SMILES string of the molecule is N#CC1=C[C@@H]2CCCC[C@@H]2C=C1C#N. The fourth-order valence-electron chi connectivity index (χ4n) is 2.40. The zero-order valence-electron chi connectivity index (χ0n) is 8.03. The average molecular weight is 184 g/mol. The third-order valence-corrected chi connectivity index (χ3v) is 3.17. The van der Waals surface area contributed by atoms with E-state index in [1.54, 1.807) is 0 Å². The van der Waals surface area contributed by atoms with E-state index in [2.05, 4.69) is 12.1 Å². The van der Waals surface area contributed by atoms with Crippen LogP contribution in [-0.2, 0) is 0 Å². The normalized spacial score (nSPS) is 30.4. The van der Waals surface area contributed by atoms with Crippen molar-refractivity contribution in [3.63, 3.8) is 0 Å². The summed E-state index contributed by atoms with van der Waals surface area (Å²) in [7, 11) is 0. The van der Waals surface area contributed by atoms with Crippen molar-refractivity contribution in [1.29, 1.82) is 10.5 Å². The van der Waals surface area contributed by atoms with E-state index in [-0.39, 0.29) is 0 Å². The van der Waals surface area contributed by atoms with Crippen LogP contribution in [0.3, 0.4) is 0 Å². The Morgan fingerprint density at radius 2 is 1.36 bits per heavy atom. The van der Waals surface area contributed by atoms with E-state index in [1.165, 1.54) is 25.7 Å². The van der Waals surface area contributed by atoms with Gasteiger partial charge in [0, 0.05) is 0 Å². The van der Waals surface area contributed by atoms with Crippen molar-refractivity contribution in [2.24, 2.45) is 11.8 Å². The van der Waals surface area contributed by atoms with Gasteiger partial charge >= 0.3 is 0 Å². The Hall–Kier alpha value is -1.54. The topological polar surface area (TPSA) is 47.6 Å². The van der Waals surface area contributed by atoms with Crippen LogP contribution in [0.4, 0.5) is 0 Å². The van der Waals surface area contributed by atoms with Gasteiger partial charge in [0.15, 0.2) is 0 Å². The molecule has 2 rings (SSSR count). The molecule has 2 aliphatic carbocycles. The van der Waals surface area contributed by atoms with Gasteiger partial charge in [0.1, 0.15) is 12.1 Å². The predicted octanol–water partition coefficient (Wildman–Crippen LogP) is 2.71. The smallest absolute Gasteiger partial charge is 0.100 e. The lowest BCUT2D eigenvalue weighted by molar-refractivity contribution is 0.333. The van der Waals surface area contributed by atoms with E-state index in [0.29, 0.717) is 23.0 Å². The minimum atomic E-state index is 0.510. The second-order valence-corrected chi connectivity index (χ2v) is 4.00. The van der Waals surface area contributed by atoms with Gasteiger partial charge in [0.05, 0.1) is 11.1 Å². The van der Waals surface area contributed by atoms with Gasteiger partial charge in [-0.1, -0.05) is 25.0 Å². The molecule has 0 bridgehead atoms. The molecule has 2 heteroatoms.